The second-order valence-corrected chi connectivity index (χ2v) is 11.5. The summed E-state index contributed by atoms with van der Waals surface area (Å²) in [5, 5.41) is 2.34. The Morgan fingerprint density at radius 3 is 2.25 bits per heavy atom. The number of fused-ring (bicyclic) bond motifs is 1. The van der Waals surface area contributed by atoms with Gasteiger partial charge in [-0.05, 0) is 53.4 Å². The molecule has 5 heteroatoms. The van der Waals surface area contributed by atoms with Crippen LogP contribution in [0.2, 0.25) is 0 Å². The highest BCUT2D eigenvalue weighted by molar-refractivity contribution is 5.88. The number of benzene rings is 4. The molecule has 2 saturated heterocycles. The van der Waals surface area contributed by atoms with Crippen molar-refractivity contribution in [2.75, 3.05) is 19.6 Å². The second-order valence-electron chi connectivity index (χ2n) is 11.5. The van der Waals surface area contributed by atoms with Crippen LogP contribution in [-0.4, -0.2) is 47.3 Å². The zero-order chi connectivity index (χ0) is 27.7. The van der Waals surface area contributed by atoms with Gasteiger partial charge in [0, 0.05) is 31.0 Å². The summed E-state index contributed by atoms with van der Waals surface area (Å²) in [7, 11) is 0. The fourth-order valence-corrected chi connectivity index (χ4v) is 7.28. The molecule has 4 aromatic carbocycles. The fraction of sp³-hybridized carbons (Fsp3) is 0.314. The first-order valence-corrected chi connectivity index (χ1v) is 14.4. The first kappa shape index (κ1) is 26.3. The minimum atomic E-state index is -0.780. The molecule has 5 nitrogen and oxygen atoms in total. The summed E-state index contributed by atoms with van der Waals surface area (Å²) in [5.74, 6) is -0.124. The van der Waals surface area contributed by atoms with Gasteiger partial charge in [0.1, 0.15) is 0 Å². The zero-order valence-electron chi connectivity index (χ0n) is 23.1. The highest BCUT2D eigenvalue weighted by atomic mass is 16.2. The van der Waals surface area contributed by atoms with Crippen LogP contribution in [0.25, 0.3) is 10.8 Å². The number of hydrogen-bond acceptors (Lipinski definition) is 3. The Morgan fingerprint density at radius 2 is 1.55 bits per heavy atom. The van der Waals surface area contributed by atoms with Crippen molar-refractivity contribution in [2.24, 2.45) is 5.73 Å². The highest BCUT2D eigenvalue weighted by Gasteiger charge is 2.56. The first-order valence-electron chi connectivity index (χ1n) is 14.4. The summed E-state index contributed by atoms with van der Waals surface area (Å²) in [6, 6.07) is 35.2. The molecule has 0 saturated carbocycles. The molecule has 0 bridgehead atoms. The molecule has 4 aromatic rings. The van der Waals surface area contributed by atoms with Crippen molar-refractivity contribution in [3.8, 4) is 0 Å². The van der Waals surface area contributed by atoms with E-state index in [2.05, 4.69) is 66.4 Å². The van der Waals surface area contributed by atoms with Crippen LogP contribution in [-0.2, 0) is 27.0 Å². The Kier molecular flexibility index (Phi) is 6.93. The summed E-state index contributed by atoms with van der Waals surface area (Å²) < 4.78 is 0. The van der Waals surface area contributed by atoms with E-state index in [1.54, 1.807) is 0 Å². The molecule has 2 N–H and O–H groups in total. The standard InChI is InChI=1S/C35H37N3O2/c1-2-37-20-19-34(33(36)40,29-15-7-4-8-16-29)22-31(37)35(30-18-17-27-13-9-10-14-28(27)21-30)23-32(39)38(25-35)24-26-11-5-3-6-12-26/h3-18,21,31H,2,19-20,22-25H2,1H3,(H2,36,40). The molecule has 2 heterocycles. The molecular formula is C35H37N3O2. The number of primary amides is 1. The summed E-state index contributed by atoms with van der Waals surface area (Å²) >= 11 is 0. The lowest BCUT2D eigenvalue weighted by Gasteiger charge is -2.52. The van der Waals surface area contributed by atoms with Gasteiger partial charge in [-0.1, -0.05) is 110 Å². The second kappa shape index (κ2) is 10.5. The van der Waals surface area contributed by atoms with E-state index >= 15 is 0 Å². The first-order chi connectivity index (χ1) is 19.4. The van der Waals surface area contributed by atoms with Crippen LogP contribution in [0.3, 0.4) is 0 Å². The molecule has 3 unspecified atom stereocenters. The van der Waals surface area contributed by atoms with Crippen LogP contribution in [0.5, 0.6) is 0 Å². The number of carbonyl (C=O) groups excluding carboxylic acids is 2. The van der Waals surface area contributed by atoms with Gasteiger partial charge in [0.25, 0.3) is 0 Å². The van der Waals surface area contributed by atoms with E-state index in [-0.39, 0.29) is 17.9 Å². The zero-order valence-corrected chi connectivity index (χ0v) is 23.1. The molecule has 3 atom stereocenters. The predicted molar refractivity (Wildman–Crippen MR) is 160 cm³/mol. The number of piperidine rings is 1. The third kappa shape index (κ3) is 4.48. The van der Waals surface area contributed by atoms with Crippen LogP contribution in [0.4, 0.5) is 0 Å². The van der Waals surface area contributed by atoms with Crippen molar-refractivity contribution in [3.63, 3.8) is 0 Å². The van der Waals surface area contributed by atoms with Crippen molar-refractivity contribution in [1.29, 1.82) is 0 Å². The van der Waals surface area contributed by atoms with Gasteiger partial charge >= 0.3 is 0 Å². The van der Waals surface area contributed by atoms with E-state index in [1.807, 2.05) is 53.4 Å². The van der Waals surface area contributed by atoms with Crippen LogP contribution in [0.15, 0.2) is 103 Å². The van der Waals surface area contributed by atoms with Gasteiger partial charge < -0.3 is 10.6 Å². The SMILES string of the molecule is CCN1CCC(C(N)=O)(c2ccccc2)CC1C1(c2ccc3ccccc3c2)CC(=O)N(Cc2ccccc2)C1. The van der Waals surface area contributed by atoms with Gasteiger partial charge in [-0.2, -0.15) is 0 Å². The monoisotopic (exact) mass is 531 g/mol. The Hall–Kier alpha value is -3.96. The maximum atomic E-state index is 13.8. The lowest BCUT2D eigenvalue weighted by atomic mass is 9.61. The molecule has 2 amide bonds. The van der Waals surface area contributed by atoms with Gasteiger partial charge in [-0.15, -0.1) is 0 Å². The van der Waals surface area contributed by atoms with E-state index in [4.69, 9.17) is 5.73 Å². The van der Waals surface area contributed by atoms with Crippen LogP contribution < -0.4 is 5.73 Å². The van der Waals surface area contributed by atoms with Crippen LogP contribution in [0.1, 0.15) is 42.9 Å². The van der Waals surface area contributed by atoms with Crippen molar-refractivity contribution >= 4 is 22.6 Å². The van der Waals surface area contributed by atoms with E-state index in [9.17, 15) is 9.59 Å². The number of carbonyl (C=O) groups is 2. The topological polar surface area (TPSA) is 66.6 Å². The molecule has 40 heavy (non-hydrogen) atoms. The molecular weight excluding hydrogens is 494 g/mol. The van der Waals surface area contributed by atoms with Crippen molar-refractivity contribution < 1.29 is 9.59 Å². The van der Waals surface area contributed by atoms with Crippen molar-refractivity contribution in [1.82, 2.24) is 9.80 Å². The molecule has 204 valence electrons. The summed E-state index contributed by atoms with van der Waals surface area (Å²) in [4.78, 5) is 31.7. The maximum Gasteiger partial charge on any atom is 0.228 e. The highest BCUT2D eigenvalue weighted by Crippen LogP contribution is 2.49. The normalized spacial score (nSPS) is 25.4. The summed E-state index contributed by atoms with van der Waals surface area (Å²) in [6.45, 7) is 4.95. The third-order valence-electron chi connectivity index (χ3n) is 9.48. The maximum absolute atomic E-state index is 13.8. The van der Waals surface area contributed by atoms with Gasteiger partial charge in [-0.25, -0.2) is 0 Å². The number of likely N-dealkylation sites (tertiary alicyclic amines) is 2. The van der Waals surface area contributed by atoms with E-state index < -0.39 is 10.8 Å². The average Bonchev–Trinajstić information content (AvgIpc) is 3.33. The van der Waals surface area contributed by atoms with Gasteiger partial charge in [0.05, 0.1) is 5.41 Å². The van der Waals surface area contributed by atoms with Crippen LogP contribution >= 0.6 is 0 Å². The minimum absolute atomic E-state index is 0.0372. The molecule has 0 aromatic heterocycles. The lowest BCUT2D eigenvalue weighted by Crippen LogP contribution is -2.61. The number of amides is 2. The summed E-state index contributed by atoms with van der Waals surface area (Å²) in [5.41, 5.74) is 8.25. The van der Waals surface area contributed by atoms with Gasteiger partial charge in [0.15, 0.2) is 0 Å². The molecule has 2 aliphatic heterocycles. The Labute approximate surface area is 236 Å². The number of rotatable bonds is 7. The van der Waals surface area contributed by atoms with E-state index in [0.29, 0.717) is 32.4 Å². The fourth-order valence-electron chi connectivity index (χ4n) is 7.28. The van der Waals surface area contributed by atoms with Crippen molar-refractivity contribution in [3.05, 3.63) is 120 Å². The average molecular weight is 532 g/mol. The molecule has 6 rings (SSSR count). The number of hydrogen-bond donors (Lipinski definition) is 1. The molecule has 2 aliphatic rings. The minimum Gasteiger partial charge on any atom is -0.369 e. The third-order valence-corrected chi connectivity index (χ3v) is 9.48. The Balaban J connectivity index is 1.49. The van der Waals surface area contributed by atoms with Crippen molar-refractivity contribution in [2.45, 2.75) is 49.6 Å². The lowest BCUT2D eigenvalue weighted by molar-refractivity contribution is -0.128. The van der Waals surface area contributed by atoms with Gasteiger partial charge in [-0.3, -0.25) is 14.5 Å². The number of nitrogens with zero attached hydrogens (tertiary/aromatic N) is 2. The predicted octanol–water partition coefficient (Wildman–Crippen LogP) is 5.42. The Morgan fingerprint density at radius 1 is 0.875 bits per heavy atom. The van der Waals surface area contributed by atoms with E-state index in [1.165, 1.54) is 5.39 Å². The molecule has 0 radical (unpaired) electrons. The number of nitrogens with two attached hydrogens (primary N) is 1. The molecule has 2 fully saturated rings. The number of likely N-dealkylation sites (N-methyl/N-ethyl adjacent to an activating group) is 1. The van der Waals surface area contributed by atoms with Crippen LogP contribution in [0, 0.1) is 0 Å². The smallest absolute Gasteiger partial charge is 0.228 e. The summed E-state index contributed by atoms with van der Waals surface area (Å²) in [6.07, 6.45) is 1.66. The Bertz CT molecular complexity index is 1520. The molecule has 0 aliphatic carbocycles. The van der Waals surface area contributed by atoms with E-state index in [0.717, 1.165) is 35.2 Å². The largest absolute Gasteiger partial charge is 0.369 e. The quantitative estimate of drug-likeness (QED) is 0.346. The van der Waals surface area contributed by atoms with Gasteiger partial charge in [0.2, 0.25) is 11.8 Å². The molecule has 0 spiro atoms.